The Morgan fingerprint density at radius 2 is 2.17 bits per heavy atom. The zero-order chi connectivity index (χ0) is 12.4. The number of fused-ring (bicyclic) bond motifs is 1. The fourth-order valence-electron chi connectivity index (χ4n) is 1.91. The maximum atomic E-state index is 5.37. The van der Waals surface area contributed by atoms with E-state index < -0.39 is 0 Å². The van der Waals surface area contributed by atoms with E-state index in [2.05, 4.69) is 15.4 Å². The Morgan fingerprint density at radius 1 is 1.33 bits per heavy atom. The molecule has 1 aromatic carbocycles. The molecular weight excluding hydrogens is 250 g/mol. The largest absolute Gasteiger partial charge is 0.378 e. The normalized spacial score (nSPS) is 15.9. The van der Waals surface area contributed by atoms with Gasteiger partial charge in [-0.1, -0.05) is 5.16 Å². The number of benzene rings is 1. The Hall–Kier alpha value is -1.66. The summed E-state index contributed by atoms with van der Waals surface area (Å²) in [5.74, 6) is 0. The van der Waals surface area contributed by atoms with Gasteiger partial charge in [0.05, 0.1) is 13.2 Å². The fourth-order valence-corrected chi connectivity index (χ4v) is 2.21. The number of anilines is 1. The summed E-state index contributed by atoms with van der Waals surface area (Å²) in [6.07, 6.45) is 1.62. The molecule has 1 fully saturated rings. The van der Waals surface area contributed by atoms with E-state index in [0.29, 0.717) is 0 Å². The summed E-state index contributed by atoms with van der Waals surface area (Å²) in [6.45, 7) is 3.12. The molecule has 2 aromatic rings. The van der Waals surface area contributed by atoms with E-state index in [9.17, 15) is 0 Å². The van der Waals surface area contributed by atoms with Crippen molar-refractivity contribution in [2.75, 3.05) is 31.6 Å². The molecule has 3 rings (SSSR count). The van der Waals surface area contributed by atoms with Crippen molar-refractivity contribution in [3.63, 3.8) is 0 Å². The number of rotatable bonds is 1. The average Bonchev–Trinajstić information content (AvgIpc) is 2.87. The lowest BCUT2D eigenvalue weighted by atomic mass is 10.2. The predicted molar refractivity (Wildman–Crippen MR) is 72.6 cm³/mol. The number of nitrogens with one attached hydrogen (secondary N) is 1. The molecule has 0 radical (unpaired) electrons. The predicted octanol–water partition coefficient (Wildman–Crippen LogP) is 1.86. The highest BCUT2D eigenvalue weighted by Crippen LogP contribution is 2.18. The fraction of sp³-hybridized carbons (Fsp3) is 0.333. The topological polar surface area (TPSA) is 50.5 Å². The molecule has 0 bridgehead atoms. The molecule has 0 unspecified atom stereocenters. The van der Waals surface area contributed by atoms with Crippen molar-refractivity contribution in [3.8, 4) is 0 Å². The van der Waals surface area contributed by atoms with E-state index in [-0.39, 0.29) is 0 Å². The van der Waals surface area contributed by atoms with Crippen LogP contribution in [0.4, 0.5) is 5.69 Å². The number of aromatic nitrogens is 1. The molecule has 5 nitrogen and oxygen atoms in total. The number of ether oxygens (including phenoxy) is 1. The van der Waals surface area contributed by atoms with Crippen LogP contribution in [0.15, 0.2) is 29.0 Å². The van der Waals surface area contributed by atoms with Crippen molar-refractivity contribution in [2.24, 2.45) is 0 Å². The third kappa shape index (κ3) is 2.30. The Labute approximate surface area is 110 Å². The standard InChI is InChI=1S/C12H13N3O2S/c18-12(15-3-5-16-6-4-15)13-10-2-1-9-8-17-14-11(9)7-10/h1-2,7-8H,3-6H2,(H,13,18). The van der Waals surface area contributed by atoms with Gasteiger partial charge in [0.2, 0.25) is 0 Å². The van der Waals surface area contributed by atoms with Crippen LogP contribution in [0.1, 0.15) is 0 Å². The van der Waals surface area contributed by atoms with Gasteiger partial charge in [-0.3, -0.25) is 0 Å². The first-order valence-corrected chi connectivity index (χ1v) is 6.21. The lowest BCUT2D eigenvalue weighted by Crippen LogP contribution is -2.42. The number of hydrogen-bond acceptors (Lipinski definition) is 4. The Balaban J connectivity index is 1.72. The third-order valence-corrected chi connectivity index (χ3v) is 3.27. The van der Waals surface area contributed by atoms with Crippen LogP contribution in [0.5, 0.6) is 0 Å². The Morgan fingerprint density at radius 3 is 3.00 bits per heavy atom. The van der Waals surface area contributed by atoms with E-state index in [1.54, 1.807) is 6.26 Å². The second-order valence-electron chi connectivity index (χ2n) is 4.12. The zero-order valence-electron chi connectivity index (χ0n) is 9.76. The smallest absolute Gasteiger partial charge is 0.173 e. The molecule has 1 N–H and O–H groups in total. The molecule has 2 heterocycles. The molecule has 18 heavy (non-hydrogen) atoms. The molecule has 0 amide bonds. The summed E-state index contributed by atoms with van der Waals surface area (Å²) in [4.78, 5) is 2.10. The minimum Gasteiger partial charge on any atom is -0.378 e. The molecule has 0 atom stereocenters. The monoisotopic (exact) mass is 263 g/mol. The lowest BCUT2D eigenvalue weighted by Gasteiger charge is -2.29. The summed E-state index contributed by atoms with van der Waals surface area (Å²) in [5, 5.41) is 8.83. The van der Waals surface area contributed by atoms with Crippen LogP contribution >= 0.6 is 12.2 Å². The molecule has 1 aliphatic rings. The molecule has 1 aromatic heterocycles. The first-order valence-electron chi connectivity index (χ1n) is 5.81. The van der Waals surface area contributed by atoms with Crippen molar-refractivity contribution >= 4 is 33.9 Å². The summed E-state index contributed by atoms with van der Waals surface area (Å²) in [7, 11) is 0. The number of morpholine rings is 1. The quantitative estimate of drug-likeness (QED) is 0.793. The van der Waals surface area contributed by atoms with Gasteiger partial charge in [-0.15, -0.1) is 0 Å². The summed E-state index contributed by atoms with van der Waals surface area (Å²) in [5.41, 5.74) is 1.75. The van der Waals surface area contributed by atoms with Gasteiger partial charge in [0.25, 0.3) is 0 Å². The summed E-state index contributed by atoms with van der Waals surface area (Å²) in [6, 6.07) is 5.84. The van der Waals surface area contributed by atoms with E-state index >= 15 is 0 Å². The van der Waals surface area contributed by atoms with Crippen LogP contribution in [0, 0.1) is 0 Å². The van der Waals surface area contributed by atoms with Crippen molar-refractivity contribution in [3.05, 3.63) is 24.5 Å². The number of hydrogen-bond donors (Lipinski definition) is 1. The van der Waals surface area contributed by atoms with Gasteiger partial charge >= 0.3 is 0 Å². The first-order chi connectivity index (χ1) is 8.83. The minimum absolute atomic E-state index is 0.723. The van der Waals surface area contributed by atoms with Gasteiger partial charge in [-0.05, 0) is 30.4 Å². The molecule has 1 saturated heterocycles. The maximum Gasteiger partial charge on any atom is 0.173 e. The highest BCUT2D eigenvalue weighted by Gasteiger charge is 2.13. The molecule has 0 aliphatic carbocycles. The summed E-state index contributed by atoms with van der Waals surface area (Å²) < 4.78 is 10.2. The Kier molecular flexibility index (Phi) is 3.12. The van der Waals surface area contributed by atoms with Crippen LogP contribution in [-0.4, -0.2) is 41.5 Å². The summed E-state index contributed by atoms with van der Waals surface area (Å²) >= 11 is 5.37. The SMILES string of the molecule is S=C(Nc1ccc2conc2c1)N1CCOCC1. The molecular formula is C12H13N3O2S. The van der Waals surface area contributed by atoms with Crippen LogP contribution in [0.25, 0.3) is 10.9 Å². The van der Waals surface area contributed by atoms with Gasteiger partial charge in [-0.2, -0.15) is 0 Å². The van der Waals surface area contributed by atoms with Crippen molar-refractivity contribution in [1.82, 2.24) is 10.1 Å². The van der Waals surface area contributed by atoms with Crippen LogP contribution in [0.2, 0.25) is 0 Å². The molecule has 0 saturated carbocycles. The minimum atomic E-state index is 0.723. The molecule has 94 valence electrons. The second-order valence-corrected chi connectivity index (χ2v) is 4.50. The number of nitrogens with zero attached hydrogens (tertiary/aromatic N) is 2. The van der Waals surface area contributed by atoms with E-state index in [1.165, 1.54) is 0 Å². The maximum absolute atomic E-state index is 5.37. The van der Waals surface area contributed by atoms with Crippen LogP contribution in [-0.2, 0) is 4.74 Å². The van der Waals surface area contributed by atoms with Gasteiger partial charge in [0.1, 0.15) is 11.8 Å². The second kappa shape index (κ2) is 4.91. The van der Waals surface area contributed by atoms with E-state index in [0.717, 1.165) is 48.0 Å². The first kappa shape index (κ1) is 11.4. The van der Waals surface area contributed by atoms with E-state index in [1.807, 2.05) is 18.2 Å². The van der Waals surface area contributed by atoms with Crippen LogP contribution in [0.3, 0.4) is 0 Å². The van der Waals surface area contributed by atoms with E-state index in [4.69, 9.17) is 21.5 Å². The highest BCUT2D eigenvalue weighted by atomic mass is 32.1. The number of thiocarbonyl (C=S) groups is 1. The molecule has 6 heteroatoms. The van der Waals surface area contributed by atoms with Crippen molar-refractivity contribution < 1.29 is 9.26 Å². The Bertz CT molecular complexity index is 563. The van der Waals surface area contributed by atoms with Gasteiger partial charge < -0.3 is 19.5 Å². The third-order valence-electron chi connectivity index (χ3n) is 2.91. The highest BCUT2D eigenvalue weighted by molar-refractivity contribution is 7.80. The van der Waals surface area contributed by atoms with Crippen molar-refractivity contribution in [2.45, 2.75) is 0 Å². The molecule has 1 aliphatic heterocycles. The molecule has 0 spiro atoms. The van der Waals surface area contributed by atoms with Gasteiger partial charge in [0.15, 0.2) is 5.11 Å². The van der Waals surface area contributed by atoms with Crippen molar-refractivity contribution in [1.29, 1.82) is 0 Å². The van der Waals surface area contributed by atoms with Gasteiger partial charge in [-0.25, -0.2) is 0 Å². The zero-order valence-corrected chi connectivity index (χ0v) is 10.6. The lowest BCUT2D eigenvalue weighted by molar-refractivity contribution is 0.0690. The average molecular weight is 263 g/mol. The van der Waals surface area contributed by atoms with Crippen LogP contribution < -0.4 is 5.32 Å². The van der Waals surface area contributed by atoms with Gasteiger partial charge in [0, 0.05) is 24.2 Å².